The lowest BCUT2D eigenvalue weighted by Gasteiger charge is -2.29. The average molecular weight is 201 g/mol. The minimum Gasteiger partial charge on any atom is -0.480 e. The lowest BCUT2D eigenvalue weighted by Crippen LogP contribution is -2.49. The van der Waals surface area contributed by atoms with Crippen LogP contribution >= 0.6 is 0 Å². The lowest BCUT2D eigenvalue weighted by molar-refractivity contribution is -0.154. The summed E-state index contributed by atoms with van der Waals surface area (Å²) in [4.78, 5) is 23.6. The molecule has 5 heteroatoms. The van der Waals surface area contributed by atoms with E-state index < -0.39 is 11.5 Å². The summed E-state index contributed by atoms with van der Waals surface area (Å²) in [6.45, 7) is 3.28. The Balaban J connectivity index is 2.92. The molecule has 5 nitrogen and oxygen atoms in total. The van der Waals surface area contributed by atoms with Crippen LogP contribution in [0.4, 0.5) is 0 Å². The van der Waals surface area contributed by atoms with Crippen molar-refractivity contribution in [2.24, 2.45) is 0 Å². The molecule has 1 heterocycles. The smallest absolute Gasteiger partial charge is 0.329 e. The Morgan fingerprint density at radius 3 is 2.43 bits per heavy atom. The normalized spacial score (nSPS) is 31.9. The number of amides is 1. The van der Waals surface area contributed by atoms with E-state index >= 15 is 0 Å². The number of ether oxygens (including phenoxy) is 1. The zero-order valence-electron chi connectivity index (χ0n) is 8.61. The van der Waals surface area contributed by atoms with E-state index in [1.54, 1.807) is 6.92 Å². The van der Waals surface area contributed by atoms with E-state index in [0.29, 0.717) is 13.0 Å². The van der Waals surface area contributed by atoms with Crippen molar-refractivity contribution in [3.63, 3.8) is 0 Å². The van der Waals surface area contributed by atoms with Crippen LogP contribution in [0.5, 0.6) is 0 Å². The summed E-state index contributed by atoms with van der Waals surface area (Å²) < 4.78 is 5.08. The van der Waals surface area contributed by atoms with Gasteiger partial charge in [0, 0.05) is 27.0 Å². The van der Waals surface area contributed by atoms with Gasteiger partial charge in [0.15, 0.2) is 0 Å². The van der Waals surface area contributed by atoms with Crippen molar-refractivity contribution >= 4 is 11.9 Å². The number of rotatable bonds is 2. The molecule has 14 heavy (non-hydrogen) atoms. The van der Waals surface area contributed by atoms with E-state index in [0.717, 1.165) is 0 Å². The molecule has 2 unspecified atom stereocenters. The molecule has 1 saturated heterocycles. The van der Waals surface area contributed by atoms with Gasteiger partial charge in [-0.05, 0) is 6.92 Å². The summed E-state index contributed by atoms with van der Waals surface area (Å²) in [5, 5.41) is 9.06. The molecule has 1 fully saturated rings. The van der Waals surface area contributed by atoms with Crippen LogP contribution in [0.2, 0.25) is 0 Å². The Bertz CT molecular complexity index is 266. The zero-order chi connectivity index (χ0) is 10.9. The Labute approximate surface area is 82.6 Å². The fraction of sp³-hybridized carbons (Fsp3) is 0.778. The van der Waals surface area contributed by atoms with Crippen molar-refractivity contribution in [1.29, 1.82) is 0 Å². The van der Waals surface area contributed by atoms with Gasteiger partial charge in [-0.1, -0.05) is 0 Å². The third-order valence-corrected chi connectivity index (χ3v) is 2.78. The molecule has 1 aliphatic rings. The van der Waals surface area contributed by atoms with Gasteiger partial charge in [0.1, 0.15) is 5.54 Å². The van der Waals surface area contributed by atoms with Crippen LogP contribution in [0.3, 0.4) is 0 Å². The maximum absolute atomic E-state index is 11.2. The SMILES string of the molecule is COC1CN(C(C)=O)C(C)(C(=O)O)C1. The van der Waals surface area contributed by atoms with Crippen molar-refractivity contribution < 1.29 is 19.4 Å². The fourth-order valence-corrected chi connectivity index (χ4v) is 1.86. The molecule has 0 aliphatic carbocycles. The second-order valence-corrected chi connectivity index (χ2v) is 3.77. The average Bonchev–Trinajstić information content (AvgIpc) is 2.44. The molecule has 1 aliphatic heterocycles. The number of carboxylic acids is 1. The predicted octanol–water partition coefficient (Wildman–Crippen LogP) is 0.0969. The Morgan fingerprint density at radius 1 is 1.57 bits per heavy atom. The highest BCUT2D eigenvalue weighted by molar-refractivity contribution is 5.86. The number of carbonyl (C=O) groups is 2. The van der Waals surface area contributed by atoms with Crippen molar-refractivity contribution in [2.45, 2.75) is 31.9 Å². The molecule has 80 valence electrons. The Morgan fingerprint density at radius 2 is 2.14 bits per heavy atom. The molecule has 0 aromatic rings. The molecule has 1 amide bonds. The minimum absolute atomic E-state index is 0.181. The van der Waals surface area contributed by atoms with Crippen LogP contribution in [0, 0.1) is 0 Å². The van der Waals surface area contributed by atoms with Crippen LogP contribution in [0.25, 0.3) is 0 Å². The second-order valence-electron chi connectivity index (χ2n) is 3.77. The summed E-state index contributed by atoms with van der Waals surface area (Å²) in [6.07, 6.45) is 0.165. The van der Waals surface area contributed by atoms with E-state index in [-0.39, 0.29) is 12.0 Å². The predicted molar refractivity (Wildman–Crippen MR) is 48.8 cm³/mol. The zero-order valence-corrected chi connectivity index (χ0v) is 8.61. The molecule has 0 spiro atoms. The van der Waals surface area contributed by atoms with E-state index in [2.05, 4.69) is 0 Å². The number of hydrogen-bond acceptors (Lipinski definition) is 3. The van der Waals surface area contributed by atoms with Gasteiger partial charge in [-0.15, -0.1) is 0 Å². The fourth-order valence-electron chi connectivity index (χ4n) is 1.86. The van der Waals surface area contributed by atoms with Crippen molar-refractivity contribution in [2.75, 3.05) is 13.7 Å². The third kappa shape index (κ3) is 1.59. The van der Waals surface area contributed by atoms with Gasteiger partial charge < -0.3 is 14.7 Å². The summed E-state index contributed by atoms with van der Waals surface area (Å²) in [7, 11) is 1.52. The molecule has 1 N–H and O–H groups in total. The Hall–Kier alpha value is -1.10. The summed E-state index contributed by atoms with van der Waals surface area (Å²) in [5.41, 5.74) is -1.12. The van der Waals surface area contributed by atoms with Crippen LogP contribution < -0.4 is 0 Å². The molecule has 0 aromatic carbocycles. The molecule has 2 atom stereocenters. The van der Waals surface area contributed by atoms with Gasteiger partial charge in [0.2, 0.25) is 5.91 Å². The van der Waals surface area contributed by atoms with Crippen LogP contribution in [-0.2, 0) is 14.3 Å². The number of carboxylic acid groups (broad SMARTS) is 1. The van der Waals surface area contributed by atoms with E-state index in [1.165, 1.54) is 18.9 Å². The topological polar surface area (TPSA) is 66.8 Å². The second kappa shape index (κ2) is 3.57. The van der Waals surface area contributed by atoms with E-state index in [9.17, 15) is 9.59 Å². The van der Waals surface area contributed by atoms with Crippen molar-refractivity contribution in [3.05, 3.63) is 0 Å². The van der Waals surface area contributed by atoms with Gasteiger partial charge in [0.05, 0.1) is 6.10 Å². The number of hydrogen-bond donors (Lipinski definition) is 1. The number of nitrogens with zero attached hydrogens (tertiary/aromatic N) is 1. The highest BCUT2D eigenvalue weighted by atomic mass is 16.5. The minimum atomic E-state index is -1.12. The first-order valence-electron chi connectivity index (χ1n) is 4.46. The highest BCUT2D eigenvalue weighted by Gasteiger charge is 2.49. The molecule has 0 aromatic heterocycles. The first-order valence-corrected chi connectivity index (χ1v) is 4.46. The van der Waals surface area contributed by atoms with Crippen LogP contribution in [0.15, 0.2) is 0 Å². The summed E-state index contributed by atoms with van der Waals surface area (Å²) in [5.74, 6) is -1.21. The molecular weight excluding hydrogens is 186 g/mol. The first-order chi connectivity index (χ1) is 6.41. The van der Waals surface area contributed by atoms with Gasteiger partial charge in [-0.2, -0.15) is 0 Å². The van der Waals surface area contributed by atoms with Crippen molar-refractivity contribution in [1.82, 2.24) is 4.90 Å². The highest BCUT2D eigenvalue weighted by Crippen LogP contribution is 2.30. The molecular formula is C9H15NO4. The van der Waals surface area contributed by atoms with E-state index in [4.69, 9.17) is 9.84 Å². The van der Waals surface area contributed by atoms with Crippen molar-refractivity contribution in [3.8, 4) is 0 Å². The van der Waals surface area contributed by atoms with Gasteiger partial charge in [-0.25, -0.2) is 4.79 Å². The standard InChI is InChI=1S/C9H15NO4/c1-6(11)10-5-7(14-3)4-9(10,2)8(12)13/h7H,4-5H2,1-3H3,(H,12,13). The largest absolute Gasteiger partial charge is 0.480 e. The monoisotopic (exact) mass is 201 g/mol. The van der Waals surface area contributed by atoms with Crippen LogP contribution in [-0.4, -0.2) is 47.2 Å². The molecule has 0 bridgehead atoms. The quantitative estimate of drug-likeness (QED) is 0.688. The van der Waals surface area contributed by atoms with Crippen LogP contribution in [0.1, 0.15) is 20.3 Å². The number of likely N-dealkylation sites (tertiary alicyclic amines) is 1. The number of aliphatic carboxylic acids is 1. The summed E-state index contributed by atoms with van der Waals surface area (Å²) >= 11 is 0. The van der Waals surface area contributed by atoms with E-state index in [1.807, 2.05) is 0 Å². The maximum atomic E-state index is 11.2. The third-order valence-electron chi connectivity index (χ3n) is 2.78. The van der Waals surface area contributed by atoms with Gasteiger partial charge >= 0.3 is 5.97 Å². The Kier molecular flexibility index (Phi) is 2.80. The molecule has 1 rings (SSSR count). The number of carbonyl (C=O) groups excluding carboxylic acids is 1. The molecule has 0 radical (unpaired) electrons. The van der Waals surface area contributed by atoms with Gasteiger partial charge in [-0.3, -0.25) is 4.79 Å². The maximum Gasteiger partial charge on any atom is 0.329 e. The number of methoxy groups -OCH3 is 1. The van der Waals surface area contributed by atoms with Gasteiger partial charge in [0.25, 0.3) is 0 Å². The lowest BCUT2D eigenvalue weighted by atomic mass is 9.98. The molecule has 0 saturated carbocycles. The summed E-state index contributed by atoms with van der Waals surface area (Å²) in [6, 6.07) is 0. The first kappa shape index (κ1) is 11.0.